The molecular weight excluding hydrogens is 252 g/mol. The highest BCUT2D eigenvalue weighted by Gasteiger charge is 2.21. The molecule has 0 aliphatic carbocycles. The zero-order chi connectivity index (χ0) is 13.8. The van der Waals surface area contributed by atoms with Gasteiger partial charge in [-0.25, -0.2) is 9.97 Å². The van der Waals surface area contributed by atoms with Gasteiger partial charge in [-0.15, -0.1) is 0 Å². The van der Waals surface area contributed by atoms with Crippen LogP contribution >= 0.6 is 0 Å². The Kier molecular flexibility index (Phi) is 3.87. The summed E-state index contributed by atoms with van der Waals surface area (Å²) < 4.78 is 5.85. The molecular formula is C15H18N4O. The summed E-state index contributed by atoms with van der Waals surface area (Å²) >= 11 is 0. The van der Waals surface area contributed by atoms with Gasteiger partial charge >= 0.3 is 0 Å². The van der Waals surface area contributed by atoms with Gasteiger partial charge in [-0.3, -0.25) is 4.98 Å². The molecule has 0 amide bonds. The Morgan fingerprint density at radius 1 is 1.40 bits per heavy atom. The van der Waals surface area contributed by atoms with E-state index in [9.17, 15) is 0 Å². The van der Waals surface area contributed by atoms with Crippen LogP contribution in [0.15, 0.2) is 36.9 Å². The van der Waals surface area contributed by atoms with Crippen LogP contribution < -0.4 is 4.90 Å². The third-order valence-electron chi connectivity index (χ3n) is 3.44. The number of aryl methyl sites for hydroxylation is 1. The second kappa shape index (κ2) is 5.96. The SMILES string of the molecule is Cc1cc(N2CCO[C@H](Cc3cccnc3)C2)ncn1. The van der Waals surface area contributed by atoms with E-state index >= 15 is 0 Å². The van der Waals surface area contributed by atoms with Gasteiger partial charge in [0.1, 0.15) is 12.1 Å². The molecule has 1 aliphatic rings. The molecule has 1 aliphatic heterocycles. The number of nitrogens with zero attached hydrogens (tertiary/aromatic N) is 4. The molecule has 1 fully saturated rings. The second-order valence-corrected chi connectivity index (χ2v) is 5.02. The van der Waals surface area contributed by atoms with Crippen molar-refractivity contribution in [2.75, 3.05) is 24.6 Å². The van der Waals surface area contributed by atoms with E-state index in [0.29, 0.717) is 0 Å². The average Bonchev–Trinajstić information content (AvgIpc) is 2.49. The smallest absolute Gasteiger partial charge is 0.132 e. The fourth-order valence-electron chi connectivity index (χ4n) is 2.45. The van der Waals surface area contributed by atoms with Gasteiger partial charge in [0, 0.05) is 43.7 Å². The lowest BCUT2D eigenvalue weighted by atomic mass is 10.1. The summed E-state index contributed by atoms with van der Waals surface area (Å²) in [6.45, 7) is 4.44. The Hall–Kier alpha value is -2.01. The van der Waals surface area contributed by atoms with Crippen molar-refractivity contribution in [1.82, 2.24) is 15.0 Å². The first-order valence-corrected chi connectivity index (χ1v) is 6.85. The van der Waals surface area contributed by atoms with E-state index in [1.54, 1.807) is 12.5 Å². The maximum atomic E-state index is 5.85. The predicted octanol–water partition coefficient (Wildman–Crippen LogP) is 1.63. The lowest BCUT2D eigenvalue weighted by Gasteiger charge is -2.33. The second-order valence-electron chi connectivity index (χ2n) is 5.02. The van der Waals surface area contributed by atoms with Gasteiger partial charge in [0.25, 0.3) is 0 Å². The van der Waals surface area contributed by atoms with Crippen LogP contribution in [0.1, 0.15) is 11.3 Å². The number of hydrogen-bond acceptors (Lipinski definition) is 5. The first kappa shape index (κ1) is 13.0. The third-order valence-corrected chi connectivity index (χ3v) is 3.44. The van der Waals surface area contributed by atoms with E-state index in [0.717, 1.165) is 37.6 Å². The quantitative estimate of drug-likeness (QED) is 0.848. The molecule has 3 heterocycles. The summed E-state index contributed by atoms with van der Waals surface area (Å²) in [7, 11) is 0. The first-order chi connectivity index (χ1) is 9.81. The number of ether oxygens (including phenoxy) is 1. The zero-order valence-corrected chi connectivity index (χ0v) is 11.6. The van der Waals surface area contributed by atoms with Crippen molar-refractivity contribution in [2.45, 2.75) is 19.4 Å². The fourth-order valence-corrected chi connectivity index (χ4v) is 2.45. The summed E-state index contributed by atoms with van der Waals surface area (Å²) in [5.41, 5.74) is 2.20. The van der Waals surface area contributed by atoms with E-state index < -0.39 is 0 Å². The maximum absolute atomic E-state index is 5.85. The van der Waals surface area contributed by atoms with Crippen LogP contribution in [0.3, 0.4) is 0 Å². The highest BCUT2D eigenvalue weighted by Crippen LogP contribution is 2.17. The number of aromatic nitrogens is 3. The minimum Gasteiger partial charge on any atom is -0.374 e. The van der Waals surface area contributed by atoms with Crippen LogP contribution in [0.5, 0.6) is 0 Å². The van der Waals surface area contributed by atoms with Crippen molar-refractivity contribution in [3.63, 3.8) is 0 Å². The van der Waals surface area contributed by atoms with Crippen LogP contribution in [0.25, 0.3) is 0 Å². The van der Waals surface area contributed by atoms with E-state index in [1.807, 2.05) is 25.3 Å². The molecule has 2 aromatic rings. The molecule has 0 saturated carbocycles. The molecule has 0 aromatic carbocycles. The van der Waals surface area contributed by atoms with E-state index in [-0.39, 0.29) is 6.10 Å². The number of hydrogen-bond donors (Lipinski definition) is 0. The van der Waals surface area contributed by atoms with Gasteiger partial charge in [-0.05, 0) is 18.6 Å². The number of morpholine rings is 1. The van der Waals surface area contributed by atoms with Crippen molar-refractivity contribution in [3.05, 3.63) is 48.2 Å². The van der Waals surface area contributed by atoms with Crippen molar-refractivity contribution in [2.24, 2.45) is 0 Å². The predicted molar refractivity (Wildman–Crippen MR) is 76.7 cm³/mol. The summed E-state index contributed by atoms with van der Waals surface area (Å²) in [5.74, 6) is 0.983. The first-order valence-electron chi connectivity index (χ1n) is 6.85. The Bertz CT molecular complexity index is 561. The molecule has 1 atom stereocenters. The number of rotatable bonds is 3. The van der Waals surface area contributed by atoms with Gasteiger partial charge in [0.2, 0.25) is 0 Å². The largest absolute Gasteiger partial charge is 0.374 e. The summed E-state index contributed by atoms with van der Waals surface area (Å²) in [5, 5.41) is 0. The molecule has 5 nitrogen and oxygen atoms in total. The normalized spacial score (nSPS) is 19.1. The minimum absolute atomic E-state index is 0.184. The fraction of sp³-hybridized carbons (Fsp3) is 0.400. The summed E-state index contributed by atoms with van der Waals surface area (Å²) in [6.07, 6.45) is 6.38. The van der Waals surface area contributed by atoms with Gasteiger partial charge in [0.15, 0.2) is 0 Å². The molecule has 104 valence electrons. The van der Waals surface area contributed by atoms with Crippen LogP contribution in [-0.4, -0.2) is 40.8 Å². The van der Waals surface area contributed by atoms with Crippen LogP contribution in [0.4, 0.5) is 5.82 Å². The summed E-state index contributed by atoms with van der Waals surface area (Å²) in [4.78, 5) is 14.9. The van der Waals surface area contributed by atoms with Crippen LogP contribution in [0.2, 0.25) is 0 Å². The van der Waals surface area contributed by atoms with Crippen LogP contribution in [0, 0.1) is 6.92 Å². The molecule has 2 aromatic heterocycles. The standard InChI is InChI=1S/C15H18N4O/c1-12-7-15(18-11-17-12)19-5-6-20-14(10-19)8-13-3-2-4-16-9-13/h2-4,7,9,11,14H,5-6,8,10H2,1H3/t14-/m1/s1. The molecule has 0 unspecified atom stereocenters. The lowest BCUT2D eigenvalue weighted by molar-refractivity contribution is 0.0407. The average molecular weight is 270 g/mol. The molecule has 0 N–H and O–H groups in total. The number of anilines is 1. The van der Waals surface area contributed by atoms with Crippen LogP contribution in [-0.2, 0) is 11.2 Å². The highest BCUT2D eigenvalue weighted by atomic mass is 16.5. The Morgan fingerprint density at radius 2 is 2.35 bits per heavy atom. The Balaban J connectivity index is 1.67. The molecule has 0 radical (unpaired) electrons. The number of pyridine rings is 1. The van der Waals surface area contributed by atoms with E-state index in [2.05, 4.69) is 25.9 Å². The molecule has 0 bridgehead atoms. The summed E-state index contributed by atoms with van der Waals surface area (Å²) in [6, 6.07) is 6.07. The van der Waals surface area contributed by atoms with Gasteiger partial charge in [-0.1, -0.05) is 6.07 Å². The molecule has 1 saturated heterocycles. The van der Waals surface area contributed by atoms with Gasteiger partial charge in [-0.2, -0.15) is 0 Å². The Morgan fingerprint density at radius 3 is 3.15 bits per heavy atom. The molecule has 20 heavy (non-hydrogen) atoms. The monoisotopic (exact) mass is 270 g/mol. The minimum atomic E-state index is 0.184. The van der Waals surface area contributed by atoms with Crippen molar-refractivity contribution < 1.29 is 4.74 Å². The van der Waals surface area contributed by atoms with Gasteiger partial charge < -0.3 is 9.64 Å². The van der Waals surface area contributed by atoms with Crippen molar-refractivity contribution in [1.29, 1.82) is 0 Å². The van der Waals surface area contributed by atoms with Crippen molar-refractivity contribution >= 4 is 5.82 Å². The molecule has 5 heteroatoms. The maximum Gasteiger partial charge on any atom is 0.132 e. The van der Waals surface area contributed by atoms with E-state index in [4.69, 9.17) is 4.74 Å². The van der Waals surface area contributed by atoms with Gasteiger partial charge in [0.05, 0.1) is 12.7 Å². The lowest BCUT2D eigenvalue weighted by Crippen LogP contribution is -2.43. The third kappa shape index (κ3) is 3.11. The highest BCUT2D eigenvalue weighted by molar-refractivity contribution is 5.39. The molecule has 0 spiro atoms. The molecule has 3 rings (SSSR count). The zero-order valence-electron chi connectivity index (χ0n) is 11.6. The topological polar surface area (TPSA) is 51.1 Å². The van der Waals surface area contributed by atoms with Crippen molar-refractivity contribution in [3.8, 4) is 0 Å². The Labute approximate surface area is 118 Å². The van der Waals surface area contributed by atoms with E-state index in [1.165, 1.54) is 5.56 Å².